The number of allylic oxidation sites excluding steroid dienone is 1. The number of fused-ring (bicyclic) bond motifs is 1. The number of aromatic hydroxyl groups is 1. The number of halogens is 1. The number of nitrogens with one attached hydrogen (secondary N) is 3. The molecule has 1 fully saturated rings. The summed E-state index contributed by atoms with van der Waals surface area (Å²) < 4.78 is 16.9. The van der Waals surface area contributed by atoms with E-state index >= 15 is 0 Å². The maximum absolute atomic E-state index is 13.0. The Morgan fingerprint density at radius 3 is 2.12 bits per heavy atom. The molecule has 4 N–H and O–H groups in total. The fraction of sp³-hybridized carbons (Fsp3) is 0.311. The zero-order chi connectivity index (χ0) is 41.6. The number of hydrogen-bond donors (Lipinski definition) is 4. The molecular weight excluding hydrogens is 776 g/mol. The highest BCUT2D eigenvalue weighted by Gasteiger charge is 2.40. The standard InChI is InChI=1S/C45H47ClN4O9/c46-22-19-35(30-5-2-1-3-6-30)43(31-9-13-33(51)14-10-31)32-11-15-34(16-12-32)59-26-23-47-40(52)20-24-57-27-28-58-25-21-42(54)48-38-8-4-7-36-37(38)29-50(45(36)56)39-17-18-41(53)49-44(39)55/h1-16,39,51H,17-29H2,(H,47,52)(H,48,54)(H,49,53,55). The normalized spacial score (nSPS) is 15.3. The minimum atomic E-state index is -0.740. The number of phenolic OH excluding ortho intramolecular Hbond substituents is 1. The van der Waals surface area contributed by atoms with Crippen LogP contribution in [0.2, 0.25) is 0 Å². The molecule has 1 saturated heterocycles. The van der Waals surface area contributed by atoms with Crippen molar-refractivity contribution in [2.24, 2.45) is 0 Å². The van der Waals surface area contributed by atoms with E-state index in [1.807, 2.05) is 54.6 Å². The second-order valence-corrected chi connectivity index (χ2v) is 14.3. The highest BCUT2D eigenvalue weighted by Crippen LogP contribution is 2.36. The molecule has 0 spiro atoms. The van der Waals surface area contributed by atoms with Crippen LogP contribution in [0.15, 0.2) is 97.1 Å². The number of carbonyl (C=O) groups excluding carboxylic acids is 5. The first-order valence-corrected chi connectivity index (χ1v) is 20.1. The summed E-state index contributed by atoms with van der Waals surface area (Å²) in [6, 6.07) is 29.3. The molecule has 4 aromatic rings. The van der Waals surface area contributed by atoms with Gasteiger partial charge in [-0.05, 0) is 77.1 Å². The van der Waals surface area contributed by atoms with Gasteiger partial charge in [0.05, 0.1) is 39.4 Å². The second kappa shape index (κ2) is 21.1. The fourth-order valence-corrected chi connectivity index (χ4v) is 7.21. The molecule has 0 radical (unpaired) electrons. The number of nitrogens with zero attached hydrogens (tertiary/aromatic N) is 1. The maximum atomic E-state index is 13.0. The molecule has 5 amide bonds. The third-order valence-electron chi connectivity index (χ3n) is 9.94. The molecule has 308 valence electrons. The average molecular weight is 823 g/mol. The Kier molecular flexibility index (Phi) is 15.2. The molecule has 59 heavy (non-hydrogen) atoms. The van der Waals surface area contributed by atoms with E-state index in [0.29, 0.717) is 41.4 Å². The van der Waals surface area contributed by atoms with Crippen molar-refractivity contribution in [2.45, 2.75) is 44.7 Å². The third kappa shape index (κ3) is 11.6. The summed E-state index contributed by atoms with van der Waals surface area (Å²) in [7, 11) is 0. The third-order valence-corrected chi connectivity index (χ3v) is 10.1. The number of benzene rings is 4. The molecule has 0 saturated carbocycles. The lowest BCUT2D eigenvalue weighted by atomic mass is 9.88. The van der Waals surface area contributed by atoms with Gasteiger partial charge in [-0.25, -0.2) is 0 Å². The zero-order valence-corrected chi connectivity index (χ0v) is 33.3. The Hall–Kier alpha value is -6.02. The molecule has 13 nitrogen and oxygen atoms in total. The highest BCUT2D eigenvalue weighted by molar-refractivity contribution is 6.18. The van der Waals surface area contributed by atoms with Crippen LogP contribution in [-0.2, 0) is 35.2 Å². The lowest BCUT2D eigenvalue weighted by molar-refractivity contribution is -0.137. The Balaban J connectivity index is 0.855. The minimum absolute atomic E-state index is 0.0741. The fourth-order valence-electron chi connectivity index (χ4n) is 7.02. The summed E-state index contributed by atoms with van der Waals surface area (Å²) in [5.41, 5.74) is 6.64. The van der Waals surface area contributed by atoms with Crippen LogP contribution < -0.4 is 20.7 Å². The van der Waals surface area contributed by atoms with Gasteiger partial charge < -0.3 is 34.9 Å². The molecule has 0 aliphatic carbocycles. The van der Waals surface area contributed by atoms with Crippen molar-refractivity contribution >= 4 is 58.0 Å². The van der Waals surface area contributed by atoms with Crippen LogP contribution in [0.3, 0.4) is 0 Å². The van der Waals surface area contributed by atoms with Crippen LogP contribution in [0.25, 0.3) is 11.1 Å². The summed E-state index contributed by atoms with van der Waals surface area (Å²) in [6.07, 6.45) is 1.31. The monoisotopic (exact) mass is 822 g/mol. The quantitative estimate of drug-likeness (QED) is 0.0379. The van der Waals surface area contributed by atoms with Gasteiger partial charge in [-0.1, -0.05) is 60.7 Å². The number of rotatable bonds is 20. The van der Waals surface area contributed by atoms with Crippen molar-refractivity contribution in [3.05, 3.63) is 125 Å². The van der Waals surface area contributed by atoms with Crippen molar-refractivity contribution < 1.29 is 43.3 Å². The van der Waals surface area contributed by atoms with Gasteiger partial charge in [-0.15, -0.1) is 11.6 Å². The van der Waals surface area contributed by atoms with Crippen LogP contribution in [-0.4, -0.2) is 91.0 Å². The van der Waals surface area contributed by atoms with Gasteiger partial charge in [0.1, 0.15) is 24.1 Å². The predicted molar refractivity (Wildman–Crippen MR) is 223 cm³/mol. The molecule has 2 aliphatic rings. The number of hydrogen-bond acceptors (Lipinski definition) is 9. The van der Waals surface area contributed by atoms with Crippen LogP contribution in [0, 0.1) is 0 Å². The number of alkyl halides is 1. The maximum Gasteiger partial charge on any atom is 0.255 e. The lowest BCUT2D eigenvalue weighted by Gasteiger charge is -2.29. The topological polar surface area (TPSA) is 173 Å². The van der Waals surface area contributed by atoms with Crippen molar-refractivity contribution in [3.63, 3.8) is 0 Å². The second-order valence-electron chi connectivity index (χ2n) is 13.9. The van der Waals surface area contributed by atoms with Crippen molar-refractivity contribution in [2.75, 3.05) is 50.8 Å². The molecule has 4 aromatic carbocycles. The minimum Gasteiger partial charge on any atom is -0.508 e. The molecule has 1 unspecified atom stereocenters. The van der Waals surface area contributed by atoms with Gasteiger partial charge in [0.15, 0.2) is 0 Å². The van der Waals surface area contributed by atoms with E-state index in [1.165, 1.54) is 4.90 Å². The van der Waals surface area contributed by atoms with E-state index in [4.69, 9.17) is 25.8 Å². The average Bonchev–Trinajstić information content (AvgIpc) is 3.58. The number of carbonyl (C=O) groups is 5. The number of imide groups is 1. The van der Waals surface area contributed by atoms with Gasteiger partial charge >= 0.3 is 0 Å². The van der Waals surface area contributed by atoms with E-state index in [0.717, 1.165) is 27.8 Å². The van der Waals surface area contributed by atoms with Crippen molar-refractivity contribution in [1.29, 1.82) is 0 Å². The summed E-state index contributed by atoms with van der Waals surface area (Å²) >= 11 is 6.27. The first kappa shape index (κ1) is 42.6. The first-order chi connectivity index (χ1) is 28.7. The van der Waals surface area contributed by atoms with E-state index in [1.54, 1.807) is 30.3 Å². The number of piperidine rings is 1. The number of anilines is 1. The van der Waals surface area contributed by atoms with Crippen molar-refractivity contribution in [3.8, 4) is 11.5 Å². The smallest absolute Gasteiger partial charge is 0.255 e. The van der Waals surface area contributed by atoms with Crippen LogP contribution >= 0.6 is 11.6 Å². The summed E-state index contributed by atoms with van der Waals surface area (Å²) in [5.74, 6) is -0.333. The molecule has 2 heterocycles. The summed E-state index contributed by atoms with van der Waals surface area (Å²) in [6.45, 7) is 1.59. The van der Waals surface area contributed by atoms with Crippen LogP contribution in [0.1, 0.15) is 64.7 Å². The molecule has 1 atom stereocenters. The van der Waals surface area contributed by atoms with E-state index in [2.05, 4.69) is 28.1 Å². The number of phenols is 1. The zero-order valence-electron chi connectivity index (χ0n) is 32.5. The number of amides is 5. The van der Waals surface area contributed by atoms with Crippen LogP contribution in [0.5, 0.6) is 11.5 Å². The SMILES string of the molecule is O=C(CCOCCOCCC(=O)Nc1cccc2c1CN(C1CCC(=O)NC1=O)C2=O)NCCOc1ccc(C(=C(CCCl)c2ccccc2)c2ccc(O)cc2)cc1. The molecule has 0 bridgehead atoms. The molecule has 6 rings (SSSR count). The number of ether oxygens (including phenoxy) is 3. The van der Waals surface area contributed by atoms with Gasteiger partial charge in [-0.3, -0.25) is 29.3 Å². The molecule has 2 aliphatic heterocycles. The van der Waals surface area contributed by atoms with E-state index in [9.17, 15) is 29.1 Å². The van der Waals surface area contributed by atoms with E-state index < -0.39 is 11.9 Å². The van der Waals surface area contributed by atoms with Crippen molar-refractivity contribution in [1.82, 2.24) is 15.5 Å². The predicted octanol–water partition coefficient (Wildman–Crippen LogP) is 5.69. The molecule has 14 heteroatoms. The first-order valence-electron chi connectivity index (χ1n) is 19.6. The van der Waals surface area contributed by atoms with Crippen LogP contribution in [0.4, 0.5) is 5.69 Å². The molecular formula is C45H47ClN4O9. The summed E-state index contributed by atoms with van der Waals surface area (Å²) in [5, 5.41) is 17.9. The Labute approximate surface area is 347 Å². The van der Waals surface area contributed by atoms with Gasteiger partial charge in [-0.2, -0.15) is 0 Å². The van der Waals surface area contributed by atoms with E-state index in [-0.39, 0.29) is 94.6 Å². The summed E-state index contributed by atoms with van der Waals surface area (Å²) in [4.78, 5) is 63.4. The Morgan fingerprint density at radius 2 is 1.44 bits per heavy atom. The lowest BCUT2D eigenvalue weighted by Crippen LogP contribution is -2.52. The Morgan fingerprint density at radius 1 is 0.763 bits per heavy atom. The highest BCUT2D eigenvalue weighted by atomic mass is 35.5. The van der Waals surface area contributed by atoms with Gasteiger partial charge in [0.2, 0.25) is 23.6 Å². The van der Waals surface area contributed by atoms with Gasteiger partial charge in [0, 0.05) is 42.1 Å². The van der Waals surface area contributed by atoms with Gasteiger partial charge in [0.25, 0.3) is 5.91 Å². The Bertz CT molecular complexity index is 2140. The largest absolute Gasteiger partial charge is 0.508 e. The molecule has 0 aromatic heterocycles.